The first-order chi connectivity index (χ1) is 9.04. The van der Waals surface area contributed by atoms with Gasteiger partial charge in [0.25, 0.3) is 0 Å². The molecule has 0 atom stereocenters. The second-order valence-corrected chi connectivity index (χ2v) is 4.88. The van der Waals surface area contributed by atoms with Crippen molar-refractivity contribution in [2.45, 2.75) is 33.3 Å². The monoisotopic (exact) mass is 268 g/mol. The summed E-state index contributed by atoms with van der Waals surface area (Å²) >= 11 is 0. The minimum Gasteiger partial charge on any atom is -0.409 e. The summed E-state index contributed by atoms with van der Waals surface area (Å²) in [5, 5.41) is 11.6. The van der Waals surface area contributed by atoms with E-state index in [1.807, 2.05) is 0 Å². The van der Waals surface area contributed by atoms with Crippen LogP contribution < -0.4 is 5.73 Å². The molecule has 5 heteroatoms. The number of benzene rings is 1. The van der Waals surface area contributed by atoms with Gasteiger partial charge in [-0.2, -0.15) is 0 Å². The molecular formula is C14H21FN2O2. The SMILES string of the molecule is CC(C)CCCOCc1ccc(F)cc1C(N)=NO. The molecule has 106 valence electrons. The number of halogens is 1. The molecule has 0 fully saturated rings. The molecule has 1 aromatic carbocycles. The molecule has 0 amide bonds. The molecule has 0 heterocycles. The summed E-state index contributed by atoms with van der Waals surface area (Å²) in [6.07, 6.45) is 2.09. The van der Waals surface area contributed by atoms with Crippen molar-refractivity contribution in [1.29, 1.82) is 0 Å². The molecule has 0 radical (unpaired) electrons. The number of hydrogen-bond acceptors (Lipinski definition) is 3. The van der Waals surface area contributed by atoms with Gasteiger partial charge in [-0.15, -0.1) is 0 Å². The maximum absolute atomic E-state index is 13.1. The lowest BCUT2D eigenvalue weighted by molar-refractivity contribution is 0.114. The fourth-order valence-electron chi connectivity index (χ4n) is 1.74. The van der Waals surface area contributed by atoms with Gasteiger partial charge in [-0.1, -0.05) is 25.1 Å². The third kappa shape index (κ3) is 5.26. The van der Waals surface area contributed by atoms with Crippen LogP contribution >= 0.6 is 0 Å². The van der Waals surface area contributed by atoms with E-state index in [2.05, 4.69) is 19.0 Å². The Morgan fingerprint density at radius 2 is 2.21 bits per heavy atom. The van der Waals surface area contributed by atoms with Crippen molar-refractivity contribution in [3.63, 3.8) is 0 Å². The maximum Gasteiger partial charge on any atom is 0.170 e. The van der Waals surface area contributed by atoms with Crippen LogP contribution in [0.3, 0.4) is 0 Å². The summed E-state index contributed by atoms with van der Waals surface area (Å²) in [6.45, 7) is 5.29. The molecule has 0 bridgehead atoms. The van der Waals surface area contributed by atoms with Gasteiger partial charge < -0.3 is 15.7 Å². The van der Waals surface area contributed by atoms with Crippen molar-refractivity contribution in [3.8, 4) is 0 Å². The van der Waals surface area contributed by atoms with Crippen molar-refractivity contribution in [2.24, 2.45) is 16.8 Å². The Balaban J connectivity index is 2.58. The van der Waals surface area contributed by atoms with E-state index >= 15 is 0 Å². The molecule has 0 aliphatic rings. The molecule has 1 rings (SSSR count). The summed E-state index contributed by atoms with van der Waals surface area (Å²) in [5.74, 6) is 0.118. The summed E-state index contributed by atoms with van der Waals surface area (Å²) in [6, 6.07) is 4.16. The molecule has 3 N–H and O–H groups in total. The van der Waals surface area contributed by atoms with E-state index in [0.29, 0.717) is 30.3 Å². The van der Waals surface area contributed by atoms with Crippen LogP contribution in [0, 0.1) is 11.7 Å². The van der Waals surface area contributed by atoms with Gasteiger partial charge >= 0.3 is 0 Å². The number of nitrogens with zero attached hydrogens (tertiary/aromatic N) is 1. The van der Waals surface area contributed by atoms with Crippen LogP contribution in [0.1, 0.15) is 37.8 Å². The van der Waals surface area contributed by atoms with E-state index in [-0.39, 0.29) is 5.84 Å². The van der Waals surface area contributed by atoms with Crippen LogP contribution in [0.5, 0.6) is 0 Å². The Kier molecular flexibility index (Phi) is 6.29. The van der Waals surface area contributed by atoms with Gasteiger partial charge in [0.05, 0.1) is 6.61 Å². The minimum absolute atomic E-state index is 0.111. The quantitative estimate of drug-likeness (QED) is 0.263. The Hall–Kier alpha value is -1.62. The lowest BCUT2D eigenvalue weighted by atomic mass is 10.1. The van der Waals surface area contributed by atoms with Crippen LogP contribution in [0.15, 0.2) is 23.4 Å². The van der Waals surface area contributed by atoms with Crippen molar-refractivity contribution in [3.05, 3.63) is 35.1 Å². The predicted octanol–water partition coefficient (Wildman–Crippen LogP) is 2.87. The molecular weight excluding hydrogens is 247 g/mol. The smallest absolute Gasteiger partial charge is 0.170 e. The maximum atomic E-state index is 13.1. The predicted molar refractivity (Wildman–Crippen MR) is 72.6 cm³/mol. The van der Waals surface area contributed by atoms with Crippen LogP contribution in [0.2, 0.25) is 0 Å². The average Bonchev–Trinajstić information content (AvgIpc) is 2.38. The fourth-order valence-corrected chi connectivity index (χ4v) is 1.74. The van der Waals surface area contributed by atoms with Gasteiger partial charge in [0.2, 0.25) is 0 Å². The zero-order chi connectivity index (χ0) is 14.3. The van der Waals surface area contributed by atoms with E-state index in [4.69, 9.17) is 15.7 Å². The lowest BCUT2D eigenvalue weighted by Crippen LogP contribution is -2.16. The topological polar surface area (TPSA) is 67.8 Å². The third-order valence-electron chi connectivity index (χ3n) is 2.78. The van der Waals surface area contributed by atoms with E-state index in [1.54, 1.807) is 6.07 Å². The first-order valence-electron chi connectivity index (χ1n) is 6.38. The molecule has 1 aromatic rings. The van der Waals surface area contributed by atoms with Gasteiger partial charge in [0.15, 0.2) is 5.84 Å². The fraction of sp³-hybridized carbons (Fsp3) is 0.500. The highest BCUT2D eigenvalue weighted by Crippen LogP contribution is 2.13. The van der Waals surface area contributed by atoms with Crippen LogP contribution in [-0.2, 0) is 11.3 Å². The number of oxime groups is 1. The lowest BCUT2D eigenvalue weighted by Gasteiger charge is -2.10. The highest BCUT2D eigenvalue weighted by atomic mass is 19.1. The van der Waals surface area contributed by atoms with Gasteiger partial charge in [-0.3, -0.25) is 0 Å². The number of amidine groups is 1. The number of rotatable bonds is 7. The summed E-state index contributed by atoms with van der Waals surface area (Å²) in [5.41, 5.74) is 6.59. The van der Waals surface area contributed by atoms with Crippen LogP contribution in [0.4, 0.5) is 4.39 Å². The summed E-state index contributed by atoms with van der Waals surface area (Å²) in [4.78, 5) is 0. The Morgan fingerprint density at radius 1 is 1.47 bits per heavy atom. The first-order valence-corrected chi connectivity index (χ1v) is 6.38. The van der Waals surface area contributed by atoms with E-state index in [1.165, 1.54) is 12.1 Å². The zero-order valence-electron chi connectivity index (χ0n) is 11.4. The summed E-state index contributed by atoms with van der Waals surface area (Å²) in [7, 11) is 0. The molecule has 0 saturated heterocycles. The second kappa shape index (κ2) is 7.74. The molecule has 0 aliphatic heterocycles. The number of ether oxygens (including phenoxy) is 1. The zero-order valence-corrected chi connectivity index (χ0v) is 11.4. The van der Waals surface area contributed by atoms with Gasteiger partial charge in [0, 0.05) is 12.2 Å². The van der Waals surface area contributed by atoms with Gasteiger partial charge in [0.1, 0.15) is 5.82 Å². The molecule has 0 aliphatic carbocycles. The Labute approximate surface area is 113 Å². The number of nitrogens with two attached hydrogens (primary N) is 1. The minimum atomic E-state index is -0.426. The van der Waals surface area contributed by atoms with E-state index < -0.39 is 5.82 Å². The Bertz CT molecular complexity index is 433. The van der Waals surface area contributed by atoms with Crippen molar-refractivity contribution in [1.82, 2.24) is 0 Å². The first kappa shape index (κ1) is 15.4. The van der Waals surface area contributed by atoms with Crippen molar-refractivity contribution in [2.75, 3.05) is 6.61 Å². The molecule has 0 spiro atoms. The van der Waals surface area contributed by atoms with Gasteiger partial charge in [-0.05, 0) is 36.5 Å². The highest BCUT2D eigenvalue weighted by molar-refractivity contribution is 5.98. The molecule has 0 aromatic heterocycles. The van der Waals surface area contributed by atoms with Gasteiger partial charge in [-0.25, -0.2) is 4.39 Å². The van der Waals surface area contributed by atoms with Crippen molar-refractivity contribution >= 4 is 5.84 Å². The normalized spacial score (nSPS) is 12.1. The standard InChI is InChI=1S/C14H21FN2O2/c1-10(2)4-3-7-19-9-11-5-6-12(15)8-13(11)14(16)17-18/h5-6,8,10,18H,3-4,7,9H2,1-2H3,(H2,16,17). The Morgan fingerprint density at radius 3 is 2.84 bits per heavy atom. The second-order valence-electron chi connectivity index (χ2n) is 4.88. The van der Waals surface area contributed by atoms with E-state index in [9.17, 15) is 4.39 Å². The molecule has 4 nitrogen and oxygen atoms in total. The third-order valence-corrected chi connectivity index (χ3v) is 2.78. The van der Waals surface area contributed by atoms with E-state index in [0.717, 1.165) is 12.8 Å². The molecule has 0 saturated carbocycles. The summed E-state index contributed by atoms with van der Waals surface area (Å²) < 4.78 is 18.7. The largest absolute Gasteiger partial charge is 0.409 e. The van der Waals surface area contributed by atoms with Crippen LogP contribution in [0.25, 0.3) is 0 Å². The highest BCUT2D eigenvalue weighted by Gasteiger charge is 2.08. The number of hydrogen-bond donors (Lipinski definition) is 2. The van der Waals surface area contributed by atoms with Crippen molar-refractivity contribution < 1.29 is 14.3 Å². The molecule has 19 heavy (non-hydrogen) atoms. The molecule has 0 unspecified atom stereocenters. The van der Waals surface area contributed by atoms with Crippen LogP contribution in [-0.4, -0.2) is 17.6 Å². The average molecular weight is 268 g/mol.